The monoisotopic (exact) mass is 307 g/mol. The molecule has 0 saturated heterocycles. The molecule has 0 aliphatic heterocycles. The molecule has 0 radical (unpaired) electrons. The zero-order valence-corrected chi connectivity index (χ0v) is 13.2. The van der Waals surface area contributed by atoms with Gasteiger partial charge in [-0.3, -0.25) is 0 Å². The lowest BCUT2D eigenvalue weighted by Crippen LogP contribution is -2.30. The zero-order valence-electron chi connectivity index (χ0n) is 12.4. The van der Waals surface area contributed by atoms with Crippen molar-refractivity contribution in [3.63, 3.8) is 0 Å². The normalized spacial score (nSPS) is 10.9. The van der Waals surface area contributed by atoms with Gasteiger partial charge in [0.2, 0.25) is 0 Å². The van der Waals surface area contributed by atoms with Crippen molar-refractivity contribution < 1.29 is 9.53 Å². The Labute approximate surface area is 133 Å². The summed E-state index contributed by atoms with van der Waals surface area (Å²) in [5.41, 5.74) is 2.52. The topological polar surface area (TPSA) is 38.3 Å². The van der Waals surface area contributed by atoms with E-state index in [1.807, 2.05) is 44.2 Å². The number of rotatable bonds is 5. The number of hydrogen-bond donors (Lipinski definition) is 1. The first kappa shape index (κ1) is 19.3. The number of carbonyl (C=O) groups is 1. The quantitative estimate of drug-likeness (QED) is 0.502. The maximum Gasteiger partial charge on any atom is 0.336 e. The van der Waals surface area contributed by atoms with Gasteiger partial charge in [0.15, 0.2) is 0 Å². The molecule has 116 valence electrons. The van der Waals surface area contributed by atoms with E-state index in [1.54, 1.807) is 13.8 Å². The summed E-state index contributed by atoms with van der Waals surface area (Å²) in [7, 11) is 0. The molecule has 21 heavy (non-hydrogen) atoms. The molecule has 0 amide bonds. The van der Waals surface area contributed by atoms with Crippen LogP contribution in [0.2, 0.25) is 0 Å². The average molecular weight is 307 g/mol. The van der Waals surface area contributed by atoms with Crippen molar-refractivity contribution in [3.05, 3.63) is 47.0 Å². The highest BCUT2D eigenvalue weighted by Gasteiger charge is 2.25. The number of nitrogens with one attached hydrogen (secondary N) is 1. The van der Waals surface area contributed by atoms with Crippen LogP contribution in [-0.2, 0) is 9.53 Å². The van der Waals surface area contributed by atoms with E-state index in [4.69, 9.17) is 17.0 Å². The predicted octanol–water partition coefficient (Wildman–Crippen LogP) is 4.20. The maximum atomic E-state index is 12.2. The van der Waals surface area contributed by atoms with E-state index >= 15 is 0 Å². The molecule has 1 rings (SSSR count). The Morgan fingerprint density at radius 1 is 1.24 bits per heavy atom. The predicted molar refractivity (Wildman–Crippen MR) is 92.3 cm³/mol. The van der Waals surface area contributed by atoms with Gasteiger partial charge in [0.05, 0.1) is 23.2 Å². The van der Waals surface area contributed by atoms with E-state index in [9.17, 15) is 4.79 Å². The molecule has 0 aliphatic rings. The summed E-state index contributed by atoms with van der Waals surface area (Å²) in [4.78, 5) is 12.9. The van der Waals surface area contributed by atoms with Crippen LogP contribution in [0.1, 0.15) is 46.7 Å². The third-order valence-electron chi connectivity index (χ3n) is 2.80. The molecule has 1 aromatic carbocycles. The molecule has 0 fully saturated rings. The second-order valence-corrected chi connectivity index (χ2v) is 5.29. The van der Waals surface area contributed by atoms with Crippen LogP contribution in [-0.4, -0.2) is 17.6 Å². The van der Waals surface area contributed by atoms with Crippen molar-refractivity contribution in [1.82, 2.24) is 5.32 Å². The van der Waals surface area contributed by atoms with E-state index in [2.05, 4.69) is 5.32 Å². The summed E-state index contributed by atoms with van der Waals surface area (Å²) in [6.45, 7) is 7.77. The largest absolute Gasteiger partial charge is 0.463 e. The van der Waals surface area contributed by atoms with Gasteiger partial charge >= 0.3 is 5.97 Å². The van der Waals surface area contributed by atoms with Gasteiger partial charge < -0.3 is 10.1 Å². The van der Waals surface area contributed by atoms with Crippen molar-refractivity contribution in [2.24, 2.45) is 0 Å². The molecule has 0 bridgehead atoms. The fraction of sp³-hybridized carbons (Fsp3) is 0.412. The van der Waals surface area contributed by atoms with Crippen molar-refractivity contribution in [3.8, 4) is 0 Å². The highest BCUT2D eigenvalue weighted by molar-refractivity contribution is 7.80. The number of allylic oxidation sites excluding steroid dienone is 1. The molecule has 4 heteroatoms. The van der Waals surface area contributed by atoms with E-state index in [-0.39, 0.29) is 19.4 Å². The maximum absolute atomic E-state index is 12.2. The van der Waals surface area contributed by atoms with Gasteiger partial charge in [0, 0.05) is 0 Å². The second-order valence-electron chi connectivity index (χ2n) is 4.68. The molecule has 1 N–H and O–H groups in total. The van der Waals surface area contributed by atoms with Crippen molar-refractivity contribution in [2.45, 2.75) is 41.2 Å². The lowest BCUT2D eigenvalue weighted by Gasteiger charge is -2.23. The fourth-order valence-corrected chi connectivity index (χ4v) is 2.11. The number of esters is 1. The Morgan fingerprint density at radius 2 is 1.81 bits per heavy atom. The van der Waals surface area contributed by atoms with E-state index in [1.165, 1.54) is 0 Å². The molecule has 0 heterocycles. The highest BCUT2D eigenvalue weighted by atomic mass is 32.1. The smallest absolute Gasteiger partial charge is 0.336 e. The Balaban J connectivity index is 0.00000400. The third-order valence-corrected chi connectivity index (χ3v) is 2.92. The number of thiocarbonyl (C=S) groups is 1. The first-order valence-corrected chi connectivity index (χ1v) is 7.04. The van der Waals surface area contributed by atoms with Gasteiger partial charge in [-0.25, -0.2) is 4.79 Å². The van der Waals surface area contributed by atoms with Crippen LogP contribution in [0.4, 0.5) is 0 Å². The third kappa shape index (κ3) is 5.68. The van der Waals surface area contributed by atoms with Crippen LogP contribution in [0.3, 0.4) is 0 Å². The van der Waals surface area contributed by atoms with Crippen molar-refractivity contribution in [1.29, 1.82) is 0 Å². The van der Waals surface area contributed by atoms with Crippen LogP contribution in [0.5, 0.6) is 0 Å². The molecule has 0 spiro atoms. The summed E-state index contributed by atoms with van der Waals surface area (Å²) in [6, 6.07) is 9.48. The van der Waals surface area contributed by atoms with Crippen LogP contribution < -0.4 is 5.32 Å². The minimum absolute atomic E-state index is 0. The molecule has 1 aromatic rings. The Bertz CT molecular complexity index is 505. The van der Waals surface area contributed by atoms with Gasteiger partial charge in [-0.1, -0.05) is 55.5 Å². The van der Waals surface area contributed by atoms with Crippen LogP contribution in [0.15, 0.2) is 41.5 Å². The Morgan fingerprint density at radius 3 is 2.24 bits per heavy atom. The van der Waals surface area contributed by atoms with Gasteiger partial charge in [-0.2, -0.15) is 0 Å². The van der Waals surface area contributed by atoms with Gasteiger partial charge in [-0.15, -0.1) is 0 Å². The Kier molecular flexibility index (Phi) is 8.55. The van der Waals surface area contributed by atoms with Gasteiger partial charge in [0.25, 0.3) is 0 Å². The van der Waals surface area contributed by atoms with Crippen molar-refractivity contribution >= 4 is 23.2 Å². The molecular weight excluding hydrogens is 282 g/mol. The number of carbonyl (C=O) groups excluding carboxylic acids is 1. The van der Waals surface area contributed by atoms with Crippen molar-refractivity contribution in [2.75, 3.05) is 6.61 Å². The molecule has 1 atom stereocenters. The lowest BCUT2D eigenvalue weighted by molar-refractivity contribution is -0.138. The molecule has 0 aliphatic carbocycles. The number of ether oxygens (including phenoxy) is 1. The van der Waals surface area contributed by atoms with E-state index < -0.39 is 0 Å². The van der Waals surface area contributed by atoms with E-state index in [0.29, 0.717) is 17.2 Å². The Hall–Kier alpha value is -1.68. The first-order chi connectivity index (χ1) is 9.47. The summed E-state index contributed by atoms with van der Waals surface area (Å²) in [5.74, 6) is -0.301. The molecule has 1 unspecified atom stereocenters. The molecule has 0 saturated carbocycles. The zero-order chi connectivity index (χ0) is 15.1. The molecule has 3 nitrogen and oxygen atoms in total. The first-order valence-electron chi connectivity index (χ1n) is 6.63. The average Bonchev–Trinajstić information content (AvgIpc) is 2.38. The summed E-state index contributed by atoms with van der Waals surface area (Å²) < 4.78 is 5.17. The molecule has 0 aromatic heterocycles. The number of hydrogen-bond acceptors (Lipinski definition) is 3. The minimum atomic E-state index is -0.301. The lowest BCUT2D eigenvalue weighted by atomic mass is 9.95. The van der Waals surface area contributed by atoms with Gasteiger partial charge in [0.1, 0.15) is 0 Å². The second kappa shape index (κ2) is 9.29. The molecular formula is C17H25NO2S. The van der Waals surface area contributed by atoms with Gasteiger partial charge in [-0.05, 0) is 33.3 Å². The number of benzene rings is 1. The van der Waals surface area contributed by atoms with Crippen LogP contribution in [0, 0.1) is 0 Å². The summed E-state index contributed by atoms with van der Waals surface area (Å²) >= 11 is 5.14. The fourth-order valence-electron chi connectivity index (χ4n) is 1.99. The van der Waals surface area contributed by atoms with Crippen LogP contribution in [0.25, 0.3) is 0 Å². The summed E-state index contributed by atoms with van der Waals surface area (Å²) in [6.07, 6.45) is 0. The standard InChI is InChI=1S/C16H21NO2S.CH4/c1-5-19-16(18)14(11(2)3)15(17-12(4)20)13-9-7-6-8-10-13;/h6-10,15H,5H2,1-4H3,(H,17,20);1H4. The summed E-state index contributed by atoms with van der Waals surface area (Å²) in [5, 5.41) is 3.19. The van der Waals surface area contributed by atoms with E-state index in [0.717, 1.165) is 11.1 Å². The minimum Gasteiger partial charge on any atom is -0.463 e. The SMILES string of the molecule is C.CCOC(=O)C(=C(C)C)C(NC(C)=S)c1ccccc1. The van der Waals surface area contributed by atoms with Crippen LogP contribution >= 0.6 is 12.2 Å². The highest BCUT2D eigenvalue weighted by Crippen LogP contribution is 2.25.